The number of tetrazole rings is 2. The van der Waals surface area contributed by atoms with Gasteiger partial charge in [0.15, 0.2) is 0 Å². The van der Waals surface area contributed by atoms with Gasteiger partial charge in [-0.1, -0.05) is 24.3 Å². The molecule has 0 unspecified atom stereocenters. The second-order valence-corrected chi connectivity index (χ2v) is 9.93. The summed E-state index contributed by atoms with van der Waals surface area (Å²) in [5.74, 6) is -0.280. The summed E-state index contributed by atoms with van der Waals surface area (Å²) in [6, 6.07) is 12.6. The first-order valence-electron chi connectivity index (χ1n) is 11.0. The van der Waals surface area contributed by atoms with E-state index in [1.165, 1.54) is 52.7 Å². The maximum atomic E-state index is 14.8. The summed E-state index contributed by atoms with van der Waals surface area (Å²) in [7, 11) is 5.78. The predicted octanol–water partition coefficient (Wildman–Crippen LogP) is 3.52. The van der Waals surface area contributed by atoms with Gasteiger partial charge in [-0.2, -0.15) is 19.8 Å². The van der Waals surface area contributed by atoms with Crippen LogP contribution in [0.15, 0.2) is 71.0 Å². The van der Waals surface area contributed by atoms with E-state index >= 15 is 0 Å². The number of hydrogen-bond acceptors (Lipinski definition) is 10. The highest BCUT2D eigenvalue weighted by atomic mass is 33.1. The van der Waals surface area contributed by atoms with Crippen LogP contribution in [0.1, 0.15) is 0 Å². The molecule has 0 aliphatic carbocycles. The number of aromatic nitrogens is 12. The average Bonchev–Trinajstić information content (AvgIpc) is 3.70. The van der Waals surface area contributed by atoms with E-state index in [2.05, 4.69) is 41.0 Å². The van der Waals surface area contributed by atoms with E-state index in [1.807, 2.05) is 0 Å². The van der Waals surface area contributed by atoms with Crippen LogP contribution < -0.4 is 0 Å². The summed E-state index contributed by atoms with van der Waals surface area (Å²) >= 11 is 0. The second-order valence-electron chi connectivity index (χ2n) is 7.82. The van der Waals surface area contributed by atoms with Crippen LogP contribution >= 0.6 is 21.6 Å². The van der Waals surface area contributed by atoms with Crippen LogP contribution in [0.4, 0.5) is 8.78 Å². The molecular weight excluding hydrogens is 534 g/mol. The van der Waals surface area contributed by atoms with Gasteiger partial charge in [-0.25, -0.2) is 18.1 Å². The van der Waals surface area contributed by atoms with E-state index in [-0.39, 0.29) is 11.4 Å². The van der Waals surface area contributed by atoms with Gasteiger partial charge in [0.1, 0.15) is 33.1 Å². The minimum Gasteiger partial charge on any atom is -0.223 e. The quantitative estimate of drug-likeness (QED) is 0.273. The molecule has 0 atom stereocenters. The first-order chi connectivity index (χ1) is 18.5. The Morgan fingerprint density at radius 3 is 1.42 bits per heavy atom. The zero-order valence-electron chi connectivity index (χ0n) is 19.7. The molecule has 190 valence electrons. The van der Waals surface area contributed by atoms with Gasteiger partial charge in [0.2, 0.25) is 11.6 Å². The molecule has 0 saturated heterocycles. The highest BCUT2D eigenvalue weighted by molar-refractivity contribution is 8.76. The Balaban J connectivity index is 1.47. The van der Waals surface area contributed by atoms with Gasteiger partial charge in [-0.05, 0) is 56.3 Å². The highest BCUT2D eigenvalue weighted by Gasteiger charge is 2.25. The molecule has 0 spiro atoms. The Morgan fingerprint density at radius 1 is 0.632 bits per heavy atom. The van der Waals surface area contributed by atoms with Gasteiger partial charge in [0, 0.05) is 0 Å². The van der Waals surface area contributed by atoms with Crippen LogP contribution in [0, 0.1) is 11.6 Å². The molecule has 16 heteroatoms. The molecule has 12 nitrogen and oxygen atoms in total. The highest BCUT2D eigenvalue weighted by Crippen LogP contribution is 2.45. The molecule has 2 aromatic carbocycles. The molecule has 0 aliphatic heterocycles. The van der Waals surface area contributed by atoms with Crippen molar-refractivity contribution in [1.82, 2.24) is 60.0 Å². The SMILES string of the molecule is Cn1nnc(-c2cnn(-c3ccccc3F)c2SSc2c(-c3nnn(C)n3)cnn2-c2ccccc2F)n1. The number of nitrogens with zero attached hydrogens (tertiary/aromatic N) is 12. The Labute approximate surface area is 221 Å². The van der Waals surface area contributed by atoms with Crippen molar-refractivity contribution in [1.29, 1.82) is 0 Å². The smallest absolute Gasteiger partial charge is 0.209 e. The minimum absolute atomic E-state index is 0.240. The van der Waals surface area contributed by atoms with Gasteiger partial charge in [0.05, 0.1) is 37.6 Å². The molecule has 0 bridgehead atoms. The minimum atomic E-state index is -0.457. The molecule has 0 fully saturated rings. The Kier molecular flexibility index (Phi) is 6.16. The molecule has 0 radical (unpaired) electrons. The zero-order chi connectivity index (χ0) is 26.2. The van der Waals surface area contributed by atoms with E-state index in [9.17, 15) is 8.78 Å². The van der Waals surface area contributed by atoms with E-state index in [4.69, 9.17) is 0 Å². The van der Waals surface area contributed by atoms with Crippen molar-refractivity contribution in [2.45, 2.75) is 10.1 Å². The number of rotatable bonds is 7. The van der Waals surface area contributed by atoms with E-state index in [0.29, 0.717) is 32.8 Å². The summed E-state index contributed by atoms with van der Waals surface area (Å²) in [5, 5.41) is 34.5. The lowest BCUT2D eigenvalue weighted by Gasteiger charge is -2.11. The number of benzene rings is 2. The molecular formula is C22H16F2N12S2. The van der Waals surface area contributed by atoms with Crippen molar-refractivity contribution in [2.75, 3.05) is 0 Å². The maximum absolute atomic E-state index is 14.8. The van der Waals surface area contributed by atoms with Crippen LogP contribution in [-0.2, 0) is 14.1 Å². The first-order valence-corrected chi connectivity index (χ1v) is 13.1. The normalized spacial score (nSPS) is 11.4. The molecule has 38 heavy (non-hydrogen) atoms. The molecule has 0 aliphatic rings. The van der Waals surface area contributed by atoms with Crippen LogP contribution in [0.2, 0.25) is 0 Å². The lowest BCUT2D eigenvalue weighted by molar-refractivity contribution is 0.603. The van der Waals surface area contributed by atoms with Crippen LogP contribution in [0.5, 0.6) is 0 Å². The fraction of sp³-hybridized carbons (Fsp3) is 0.0909. The van der Waals surface area contributed by atoms with E-state index < -0.39 is 11.6 Å². The fourth-order valence-corrected chi connectivity index (χ4v) is 6.09. The summed E-state index contributed by atoms with van der Waals surface area (Å²) in [6.07, 6.45) is 3.09. The van der Waals surface area contributed by atoms with Crippen molar-refractivity contribution in [3.63, 3.8) is 0 Å². The van der Waals surface area contributed by atoms with Crippen LogP contribution in [0.25, 0.3) is 34.2 Å². The topological polar surface area (TPSA) is 123 Å². The van der Waals surface area contributed by atoms with Gasteiger partial charge in [-0.15, -0.1) is 20.4 Å². The second kappa shape index (κ2) is 9.79. The van der Waals surface area contributed by atoms with Crippen molar-refractivity contribution in [2.24, 2.45) is 14.1 Å². The van der Waals surface area contributed by atoms with Crippen LogP contribution in [0.3, 0.4) is 0 Å². The van der Waals surface area contributed by atoms with Crippen molar-refractivity contribution in [3.05, 3.63) is 72.6 Å². The number of halogens is 2. The first kappa shape index (κ1) is 23.9. The number of hydrogen-bond donors (Lipinski definition) is 0. The Bertz CT molecular complexity index is 1630. The number of para-hydroxylation sites is 2. The monoisotopic (exact) mass is 550 g/mol. The maximum Gasteiger partial charge on any atom is 0.209 e. The zero-order valence-corrected chi connectivity index (χ0v) is 21.3. The predicted molar refractivity (Wildman–Crippen MR) is 134 cm³/mol. The molecule has 0 amide bonds. The fourth-order valence-electron chi connectivity index (χ4n) is 3.59. The van der Waals surface area contributed by atoms with E-state index in [1.54, 1.807) is 62.9 Å². The summed E-state index contributed by atoms with van der Waals surface area (Å²) in [5.41, 5.74) is 1.55. The van der Waals surface area contributed by atoms with Crippen molar-refractivity contribution >= 4 is 21.6 Å². The molecule has 6 rings (SSSR count). The Hall–Kier alpha value is -4.44. The van der Waals surface area contributed by atoms with Gasteiger partial charge < -0.3 is 0 Å². The lowest BCUT2D eigenvalue weighted by Crippen LogP contribution is -2.02. The molecule has 4 aromatic heterocycles. The summed E-state index contributed by atoms with van der Waals surface area (Å²) in [6.45, 7) is 0. The van der Waals surface area contributed by atoms with Gasteiger partial charge in [0.25, 0.3) is 0 Å². The molecule has 0 N–H and O–H groups in total. The van der Waals surface area contributed by atoms with E-state index in [0.717, 1.165) is 0 Å². The largest absolute Gasteiger partial charge is 0.223 e. The van der Waals surface area contributed by atoms with Gasteiger partial charge in [-0.3, -0.25) is 0 Å². The standard InChI is InChI=1S/C22H16F2N12S2/c1-33-29-19(27-31-33)13-11-25-35(17-9-5-3-7-15(17)23)21(13)37-38-22-14(20-28-32-34(2)30-20)12-26-36(22)18-10-6-4-8-16(18)24/h3-12H,1-2H3. The summed E-state index contributed by atoms with van der Waals surface area (Å²) in [4.78, 5) is 2.64. The average molecular weight is 551 g/mol. The third kappa shape index (κ3) is 4.32. The van der Waals surface area contributed by atoms with Crippen molar-refractivity contribution in [3.8, 4) is 34.2 Å². The third-order valence-corrected chi connectivity index (χ3v) is 7.69. The number of aryl methyl sites for hydroxylation is 2. The third-order valence-electron chi connectivity index (χ3n) is 5.31. The molecule has 0 saturated carbocycles. The Morgan fingerprint density at radius 2 is 1.05 bits per heavy atom. The van der Waals surface area contributed by atoms with Gasteiger partial charge >= 0.3 is 0 Å². The van der Waals surface area contributed by atoms with Crippen LogP contribution in [-0.4, -0.2) is 60.0 Å². The molecule has 4 heterocycles. The summed E-state index contributed by atoms with van der Waals surface area (Å²) < 4.78 is 32.5. The molecule has 6 aromatic rings. The lowest BCUT2D eigenvalue weighted by atomic mass is 10.3. The van der Waals surface area contributed by atoms with Crippen molar-refractivity contribution < 1.29 is 8.78 Å².